The molecule has 0 aliphatic heterocycles. The van der Waals surface area contributed by atoms with E-state index >= 15 is 0 Å². The summed E-state index contributed by atoms with van der Waals surface area (Å²) in [5.74, 6) is 1.98. The molecule has 0 saturated carbocycles. The molecule has 0 bridgehead atoms. The summed E-state index contributed by atoms with van der Waals surface area (Å²) in [5, 5.41) is 0. The van der Waals surface area contributed by atoms with E-state index in [2.05, 4.69) is 15.4 Å². The van der Waals surface area contributed by atoms with Crippen LogP contribution in [0.2, 0.25) is 0 Å². The molecular formula is C11H14N4O. The Hall–Kier alpha value is -2.04. The van der Waals surface area contributed by atoms with E-state index in [4.69, 9.17) is 4.74 Å². The molecular weight excluding hydrogens is 204 g/mol. The topological polar surface area (TPSA) is 52.0 Å². The largest absolute Gasteiger partial charge is 0.478 e. The van der Waals surface area contributed by atoms with Crippen molar-refractivity contribution in [1.82, 2.24) is 14.6 Å². The monoisotopic (exact) mass is 218 g/mol. The number of hydrogen-bond donors (Lipinski definition) is 1. The van der Waals surface area contributed by atoms with Crippen molar-refractivity contribution in [3.8, 4) is 5.88 Å². The van der Waals surface area contributed by atoms with Crippen molar-refractivity contribution in [2.24, 2.45) is 0 Å². The fourth-order valence-electron chi connectivity index (χ4n) is 1.36. The Balaban J connectivity index is 2.20. The average molecular weight is 218 g/mol. The van der Waals surface area contributed by atoms with Crippen molar-refractivity contribution in [3.05, 3.63) is 36.4 Å². The summed E-state index contributed by atoms with van der Waals surface area (Å²) in [7, 11) is 0. The van der Waals surface area contributed by atoms with Gasteiger partial charge in [0.1, 0.15) is 5.82 Å². The van der Waals surface area contributed by atoms with Gasteiger partial charge in [-0.15, -0.1) is 0 Å². The first kappa shape index (κ1) is 10.5. The molecule has 0 amide bonds. The molecule has 0 unspecified atom stereocenters. The van der Waals surface area contributed by atoms with Crippen LogP contribution in [0.1, 0.15) is 12.7 Å². The lowest BCUT2D eigenvalue weighted by molar-refractivity contribution is 0.325. The molecule has 0 fully saturated rings. The van der Waals surface area contributed by atoms with Gasteiger partial charge in [0.05, 0.1) is 6.61 Å². The molecule has 5 heteroatoms. The lowest BCUT2D eigenvalue weighted by Gasteiger charge is -2.09. The summed E-state index contributed by atoms with van der Waals surface area (Å²) >= 11 is 0. The summed E-state index contributed by atoms with van der Waals surface area (Å²) in [6.45, 7) is 4.36. The highest BCUT2D eigenvalue weighted by molar-refractivity contribution is 5.38. The molecule has 1 N–H and O–H groups in total. The number of aromatic nitrogens is 3. The van der Waals surface area contributed by atoms with E-state index < -0.39 is 0 Å². The summed E-state index contributed by atoms with van der Waals surface area (Å²) < 4.78 is 7.16. The molecule has 2 aromatic rings. The molecule has 2 rings (SSSR count). The summed E-state index contributed by atoms with van der Waals surface area (Å²) in [6, 6.07) is 5.64. The maximum Gasteiger partial charge on any atom is 0.218 e. The van der Waals surface area contributed by atoms with E-state index in [-0.39, 0.29) is 0 Å². The standard InChI is InChI=1S/C11H14N4O/c1-3-16-11-8-10(12-9(2)13-11)14-15-6-4-5-7-15/h4-8H,3H2,1-2H3,(H,12,13,14). The fourth-order valence-corrected chi connectivity index (χ4v) is 1.36. The second-order valence-electron chi connectivity index (χ2n) is 3.27. The Morgan fingerprint density at radius 3 is 2.75 bits per heavy atom. The van der Waals surface area contributed by atoms with E-state index in [0.717, 1.165) is 0 Å². The zero-order chi connectivity index (χ0) is 11.4. The van der Waals surface area contributed by atoms with Crippen LogP contribution in [-0.2, 0) is 0 Å². The van der Waals surface area contributed by atoms with Crippen molar-refractivity contribution in [1.29, 1.82) is 0 Å². The third-order valence-corrected chi connectivity index (χ3v) is 1.95. The third kappa shape index (κ3) is 2.50. The zero-order valence-corrected chi connectivity index (χ0v) is 9.34. The van der Waals surface area contributed by atoms with Crippen molar-refractivity contribution >= 4 is 5.82 Å². The second-order valence-corrected chi connectivity index (χ2v) is 3.27. The molecule has 0 spiro atoms. The molecule has 2 aromatic heterocycles. The molecule has 0 aromatic carbocycles. The first-order chi connectivity index (χ1) is 7.78. The van der Waals surface area contributed by atoms with Crippen LogP contribution in [0.25, 0.3) is 0 Å². The van der Waals surface area contributed by atoms with Crippen LogP contribution >= 0.6 is 0 Å². The molecule has 2 heterocycles. The smallest absolute Gasteiger partial charge is 0.218 e. The summed E-state index contributed by atoms with van der Waals surface area (Å²) in [4.78, 5) is 8.44. The van der Waals surface area contributed by atoms with Gasteiger partial charge < -0.3 is 4.74 Å². The minimum Gasteiger partial charge on any atom is -0.478 e. The molecule has 0 aliphatic rings. The highest BCUT2D eigenvalue weighted by atomic mass is 16.5. The summed E-state index contributed by atoms with van der Waals surface area (Å²) in [5.41, 5.74) is 3.11. The summed E-state index contributed by atoms with van der Waals surface area (Å²) in [6.07, 6.45) is 3.80. The predicted octanol–water partition coefficient (Wildman–Crippen LogP) is 1.86. The Morgan fingerprint density at radius 2 is 2.06 bits per heavy atom. The van der Waals surface area contributed by atoms with Gasteiger partial charge in [-0.1, -0.05) is 0 Å². The lowest BCUT2D eigenvalue weighted by atomic mass is 10.5. The van der Waals surface area contributed by atoms with E-state index in [9.17, 15) is 0 Å². The van der Waals surface area contributed by atoms with E-state index in [1.807, 2.05) is 43.0 Å². The Morgan fingerprint density at radius 1 is 1.31 bits per heavy atom. The van der Waals surface area contributed by atoms with Crippen LogP contribution < -0.4 is 10.2 Å². The minimum absolute atomic E-state index is 0.588. The highest BCUT2D eigenvalue weighted by Crippen LogP contribution is 2.13. The van der Waals surface area contributed by atoms with Gasteiger partial charge in [0.15, 0.2) is 5.82 Å². The van der Waals surface area contributed by atoms with Crippen LogP contribution in [0.15, 0.2) is 30.6 Å². The second kappa shape index (κ2) is 4.65. The number of hydrogen-bond acceptors (Lipinski definition) is 4. The van der Waals surface area contributed by atoms with Crippen molar-refractivity contribution in [3.63, 3.8) is 0 Å². The highest BCUT2D eigenvalue weighted by Gasteiger charge is 2.02. The van der Waals surface area contributed by atoms with Crippen molar-refractivity contribution in [2.45, 2.75) is 13.8 Å². The van der Waals surface area contributed by atoms with Gasteiger partial charge in [0.25, 0.3) is 0 Å². The van der Waals surface area contributed by atoms with Gasteiger partial charge in [-0.05, 0) is 26.0 Å². The van der Waals surface area contributed by atoms with Crippen LogP contribution in [0.5, 0.6) is 5.88 Å². The third-order valence-electron chi connectivity index (χ3n) is 1.95. The molecule has 0 aliphatic carbocycles. The Labute approximate surface area is 94.1 Å². The fraction of sp³-hybridized carbons (Fsp3) is 0.273. The van der Waals surface area contributed by atoms with Crippen molar-refractivity contribution < 1.29 is 4.74 Å². The zero-order valence-electron chi connectivity index (χ0n) is 9.34. The minimum atomic E-state index is 0.588. The van der Waals surface area contributed by atoms with Crippen molar-refractivity contribution in [2.75, 3.05) is 12.0 Å². The van der Waals surface area contributed by atoms with Gasteiger partial charge >= 0.3 is 0 Å². The van der Waals surface area contributed by atoms with Gasteiger partial charge in [-0.3, -0.25) is 10.1 Å². The number of aryl methyl sites for hydroxylation is 1. The van der Waals surface area contributed by atoms with E-state index in [1.54, 1.807) is 6.07 Å². The quantitative estimate of drug-likeness (QED) is 0.851. The SMILES string of the molecule is CCOc1cc(Nn2cccc2)nc(C)n1. The number of nitrogens with one attached hydrogen (secondary N) is 1. The van der Waals surface area contributed by atoms with E-state index in [0.29, 0.717) is 24.1 Å². The van der Waals surface area contributed by atoms with Gasteiger partial charge in [-0.2, -0.15) is 4.98 Å². The number of nitrogens with zero attached hydrogens (tertiary/aromatic N) is 3. The first-order valence-corrected chi connectivity index (χ1v) is 5.16. The Bertz CT molecular complexity index is 453. The molecule has 0 saturated heterocycles. The van der Waals surface area contributed by atoms with Gasteiger partial charge in [0.2, 0.25) is 5.88 Å². The maximum atomic E-state index is 5.35. The molecule has 16 heavy (non-hydrogen) atoms. The van der Waals surface area contributed by atoms with Crippen LogP contribution in [0, 0.1) is 6.92 Å². The van der Waals surface area contributed by atoms with E-state index in [1.165, 1.54) is 0 Å². The number of anilines is 1. The number of ether oxygens (including phenoxy) is 1. The molecule has 5 nitrogen and oxygen atoms in total. The number of rotatable bonds is 4. The van der Waals surface area contributed by atoms with Gasteiger partial charge in [0, 0.05) is 18.5 Å². The molecule has 0 radical (unpaired) electrons. The van der Waals surface area contributed by atoms with Crippen LogP contribution in [-0.4, -0.2) is 21.3 Å². The molecule has 0 atom stereocenters. The van der Waals surface area contributed by atoms with Crippen LogP contribution in [0.4, 0.5) is 5.82 Å². The first-order valence-electron chi connectivity index (χ1n) is 5.16. The average Bonchev–Trinajstić information content (AvgIpc) is 2.70. The molecule has 84 valence electrons. The lowest BCUT2D eigenvalue weighted by Crippen LogP contribution is -2.09. The maximum absolute atomic E-state index is 5.35. The Kier molecular flexibility index (Phi) is 3.05. The van der Waals surface area contributed by atoms with Crippen LogP contribution in [0.3, 0.4) is 0 Å². The predicted molar refractivity (Wildman–Crippen MR) is 61.4 cm³/mol. The normalized spacial score (nSPS) is 10.1. The van der Waals surface area contributed by atoms with Gasteiger partial charge in [-0.25, -0.2) is 4.98 Å².